The summed E-state index contributed by atoms with van der Waals surface area (Å²) in [5, 5.41) is 0. The van der Waals surface area contributed by atoms with Crippen LogP contribution in [0.2, 0.25) is 0 Å². The first-order valence-electron chi connectivity index (χ1n) is 6.92. The van der Waals surface area contributed by atoms with Gasteiger partial charge in [-0.15, -0.1) is 0 Å². The molecule has 4 atom stereocenters. The topological polar surface area (TPSA) is 61.5 Å². The van der Waals surface area contributed by atoms with Crippen molar-refractivity contribution in [1.29, 1.82) is 0 Å². The largest absolute Gasteiger partial charge is 0.465 e. The highest BCUT2D eigenvalue weighted by molar-refractivity contribution is 5.74. The lowest BCUT2D eigenvalue weighted by Gasteiger charge is -2.27. The second-order valence-electron chi connectivity index (χ2n) is 6.32. The number of methoxy groups -OCH3 is 1. The van der Waals surface area contributed by atoms with E-state index in [9.17, 15) is 4.79 Å². The van der Waals surface area contributed by atoms with Crippen LogP contribution in [0.15, 0.2) is 0 Å². The van der Waals surface area contributed by atoms with Crippen LogP contribution in [0.25, 0.3) is 0 Å². The molecule has 4 nitrogen and oxygen atoms in total. The number of hydrogen-bond donors (Lipinski definition) is 1. The molecule has 2 N–H and O–H groups in total. The van der Waals surface area contributed by atoms with E-state index in [1.54, 1.807) is 7.11 Å². The fraction of sp³-hybridized carbons (Fsp3) is 0.929. The Kier molecular flexibility index (Phi) is 3.97. The van der Waals surface area contributed by atoms with Crippen LogP contribution in [-0.4, -0.2) is 31.3 Å². The molecule has 0 heterocycles. The van der Waals surface area contributed by atoms with Gasteiger partial charge < -0.3 is 15.2 Å². The monoisotopic (exact) mass is 255 g/mol. The van der Waals surface area contributed by atoms with Crippen LogP contribution in [0.1, 0.15) is 39.5 Å². The van der Waals surface area contributed by atoms with E-state index in [-0.39, 0.29) is 23.5 Å². The molecular weight excluding hydrogens is 230 g/mol. The minimum Gasteiger partial charge on any atom is -0.465 e. The Labute approximate surface area is 109 Å². The maximum absolute atomic E-state index is 12.1. The van der Waals surface area contributed by atoms with Gasteiger partial charge in [-0.1, -0.05) is 0 Å². The SMILES string of the molecule is COC(C)(C)CCOC(=O)C1C2CCC(C2)C1N. The fourth-order valence-electron chi connectivity index (χ4n) is 3.28. The van der Waals surface area contributed by atoms with E-state index in [2.05, 4.69) is 0 Å². The van der Waals surface area contributed by atoms with E-state index in [1.165, 1.54) is 6.42 Å². The molecule has 2 fully saturated rings. The standard InChI is InChI=1S/C14H25NO3/c1-14(2,17-3)6-7-18-13(16)11-9-4-5-10(8-9)12(11)15/h9-12H,4-8,15H2,1-3H3. The summed E-state index contributed by atoms with van der Waals surface area (Å²) in [6.07, 6.45) is 4.16. The molecule has 0 aliphatic heterocycles. The van der Waals surface area contributed by atoms with E-state index in [4.69, 9.17) is 15.2 Å². The summed E-state index contributed by atoms with van der Waals surface area (Å²) in [6, 6.07) is 0.0201. The van der Waals surface area contributed by atoms with Crippen molar-refractivity contribution >= 4 is 5.97 Å². The van der Waals surface area contributed by atoms with Crippen LogP contribution in [0.3, 0.4) is 0 Å². The molecule has 4 unspecified atom stereocenters. The molecule has 0 amide bonds. The van der Waals surface area contributed by atoms with Crippen LogP contribution in [0.5, 0.6) is 0 Å². The van der Waals surface area contributed by atoms with Gasteiger partial charge in [0.25, 0.3) is 0 Å². The average molecular weight is 255 g/mol. The summed E-state index contributed by atoms with van der Waals surface area (Å²) in [4.78, 5) is 12.1. The first-order valence-corrected chi connectivity index (χ1v) is 6.92. The Morgan fingerprint density at radius 3 is 2.56 bits per heavy atom. The van der Waals surface area contributed by atoms with Gasteiger partial charge in [0, 0.05) is 19.6 Å². The van der Waals surface area contributed by atoms with E-state index in [0.717, 1.165) is 12.8 Å². The zero-order valence-electron chi connectivity index (χ0n) is 11.6. The predicted octanol–water partition coefficient (Wildman–Crippen LogP) is 1.72. The predicted molar refractivity (Wildman–Crippen MR) is 69.0 cm³/mol. The van der Waals surface area contributed by atoms with E-state index >= 15 is 0 Å². The highest BCUT2D eigenvalue weighted by Crippen LogP contribution is 2.48. The van der Waals surface area contributed by atoms with Gasteiger partial charge in [-0.2, -0.15) is 0 Å². The third-order valence-electron chi connectivity index (χ3n) is 4.75. The molecule has 0 aromatic rings. The molecular formula is C14H25NO3. The van der Waals surface area contributed by atoms with Crippen LogP contribution in [0.4, 0.5) is 0 Å². The molecule has 18 heavy (non-hydrogen) atoms. The van der Waals surface area contributed by atoms with Crippen molar-refractivity contribution in [3.63, 3.8) is 0 Å². The summed E-state index contributed by atoms with van der Waals surface area (Å²) in [5.74, 6) is 0.854. The maximum atomic E-state index is 12.1. The van der Waals surface area contributed by atoms with E-state index in [1.807, 2.05) is 13.8 Å². The zero-order valence-corrected chi connectivity index (χ0v) is 11.6. The van der Waals surface area contributed by atoms with Gasteiger partial charge in [0.2, 0.25) is 0 Å². The van der Waals surface area contributed by atoms with Crippen LogP contribution < -0.4 is 5.73 Å². The highest BCUT2D eigenvalue weighted by atomic mass is 16.5. The summed E-state index contributed by atoms with van der Waals surface area (Å²) in [7, 11) is 1.67. The van der Waals surface area contributed by atoms with Crippen molar-refractivity contribution in [1.82, 2.24) is 0 Å². The molecule has 0 aromatic carbocycles. The van der Waals surface area contributed by atoms with Gasteiger partial charge >= 0.3 is 5.97 Å². The molecule has 4 heteroatoms. The minimum absolute atomic E-state index is 0.0201. The fourth-order valence-corrected chi connectivity index (χ4v) is 3.28. The Hall–Kier alpha value is -0.610. The molecule has 0 spiro atoms. The first-order chi connectivity index (χ1) is 8.44. The molecule has 2 aliphatic rings. The zero-order chi connectivity index (χ0) is 13.3. The number of hydrogen-bond acceptors (Lipinski definition) is 4. The molecule has 0 aromatic heterocycles. The Balaban J connectivity index is 1.79. The number of fused-ring (bicyclic) bond motifs is 2. The van der Waals surface area contributed by atoms with Crippen LogP contribution in [0, 0.1) is 17.8 Å². The summed E-state index contributed by atoms with van der Waals surface area (Å²) in [5.41, 5.74) is 5.88. The first kappa shape index (κ1) is 13.8. The van der Waals surface area contributed by atoms with E-state index < -0.39 is 0 Å². The normalized spacial score (nSPS) is 34.9. The number of nitrogens with two attached hydrogens (primary N) is 1. The number of rotatable bonds is 5. The molecule has 2 saturated carbocycles. The lowest BCUT2D eigenvalue weighted by molar-refractivity contribution is -0.152. The highest BCUT2D eigenvalue weighted by Gasteiger charge is 2.49. The number of carbonyl (C=O) groups is 1. The van der Waals surface area contributed by atoms with Crippen molar-refractivity contribution in [3.8, 4) is 0 Å². The molecule has 0 saturated heterocycles. The Bertz CT molecular complexity index is 314. The summed E-state index contributed by atoms with van der Waals surface area (Å²) >= 11 is 0. The van der Waals surface area contributed by atoms with Crippen LogP contribution >= 0.6 is 0 Å². The van der Waals surface area contributed by atoms with Gasteiger partial charge in [-0.05, 0) is 44.9 Å². The van der Waals surface area contributed by atoms with Crippen molar-refractivity contribution in [2.24, 2.45) is 23.5 Å². The van der Waals surface area contributed by atoms with Gasteiger partial charge in [0.15, 0.2) is 0 Å². The van der Waals surface area contributed by atoms with Crippen molar-refractivity contribution < 1.29 is 14.3 Å². The average Bonchev–Trinajstić information content (AvgIpc) is 2.89. The van der Waals surface area contributed by atoms with Crippen molar-refractivity contribution in [2.45, 2.75) is 51.2 Å². The smallest absolute Gasteiger partial charge is 0.310 e. The third-order valence-corrected chi connectivity index (χ3v) is 4.75. The van der Waals surface area contributed by atoms with Gasteiger partial charge in [0.05, 0.1) is 18.1 Å². The molecule has 2 rings (SSSR count). The number of carbonyl (C=O) groups excluding carboxylic acids is 1. The molecule has 0 radical (unpaired) electrons. The maximum Gasteiger partial charge on any atom is 0.310 e. The van der Waals surface area contributed by atoms with Gasteiger partial charge in [0.1, 0.15) is 0 Å². The second kappa shape index (κ2) is 5.17. The van der Waals surface area contributed by atoms with E-state index in [0.29, 0.717) is 24.9 Å². The Morgan fingerprint density at radius 1 is 1.33 bits per heavy atom. The number of ether oxygens (including phenoxy) is 2. The second-order valence-corrected chi connectivity index (χ2v) is 6.32. The Morgan fingerprint density at radius 2 is 2.00 bits per heavy atom. The lowest BCUT2D eigenvalue weighted by atomic mass is 9.85. The molecule has 104 valence electrons. The minimum atomic E-state index is -0.239. The van der Waals surface area contributed by atoms with Gasteiger partial charge in [-0.3, -0.25) is 4.79 Å². The summed E-state index contributed by atoms with van der Waals surface area (Å²) < 4.78 is 10.7. The van der Waals surface area contributed by atoms with Crippen LogP contribution in [-0.2, 0) is 14.3 Å². The molecule has 2 bridgehead atoms. The van der Waals surface area contributed by atoms with Gasteiger partial charge in [-0.25, -0.2) is 0 Å². The lowest BCUT2D eigenvalue weighted by Crippen LogP contribution is -2.41. The summed E-state index contributed by atoms with van der Waals surface area (Å²) in [6.45, 7) is 4.40. The van der Waals surface area contributed by atoms with Crippen molar-refractivity contribution in [2.75, 3.05) is 13.7 Å². The third kappa shape index (κ3) is 2.69. The number of esters is 1. The van der Waals surface area contributed by atoms with Crippen molar-refractivity contribution in [3.05, 3.63) is 0 Å². The quantitative estimate of drug-likeness (QED) is 0.760. The molecule has 2 aliphatic carbocycles.